The SMILES string of the molecule is COc1ccc(CC(NN)c2sccc2Br)cc1OC. The molecule has 1 atom stereocenters. The van der Waals surface area contributed by atoms with E-state index in [4.69, 9.17) is 15.3 Å². The maximum absolute atomic E-state index is 5.69. The van der Waals surface area contributed by atoms with Gasteiger partial charge >= 0.3 is 0 Å². The van der Waals surface area contributed by atoms with Crippen LogP contribution in [0.3, 0.4) is 0 Å². The van der Waals surface area contributed by atoms with Crippen LogP contribution in [0.25, 0.3) is 0 Å². The average Bonchev–Trinajstić information content (AvgIpc) is 2.90. The smallest absolute Gasteiger partial charge is 0.160 e. The Balaban J connectivity index is 2.22. The molecule has 0 aliphatic rings. The Hall–Kier alpha value is -1.08. The van der Waals surface area contributed by atoms with Crippen LogP contribution in [0.15, 0.2) is 34.1 Å². The summed E-state index contributed by atoms with van der Waals surface area (Å²) < 4.78 is 11.6. The highest BCUT2D eigenvalue weighted by Crippen LogP contribution is 2.33. The van der Waals surface area contributed by atoms with Gasteiger partial charge in [0.1, 0.15) is 0 Å². The zero-order valence-corrected chi connectivity index (χ0v) is 13.8. The molecule has 1 unspecified atom stereocenters. The molecule has 108 valence electrons. The van der Waals surface area contributed by atoms with Crippen LogP contribution < -0.4 is 20.7 Å². The second-order valence-corrected chi connectivity index (χ2v) is 6.05. The van der Waals surface area contributed by atoms with E-state index >= 15 is 0 Å². The van der Waals surface area contributed by atoms with Crippen molar-refractivity contribution in [2.45, 2.75) is 12.5 Å². The van der Waals surface area contributed by atoms with Crippen molar-refractivity contribution in [2.75, 3.05) is 14.2 Å². The second kappa shape index (κ2) is 7.08. The number of rotatable bonds is 6. The first kappa shape index (κ1) is 15.3. The Kier molecular flexibility index (Phi) is 5.42. The van der Waals surface area contributed by atoms with Crippen molar-refractivity contribution < 1.29 is 9.47 Å². The Morgan fingerprint density at radius 1 is 1.25 bits per heavy atom. The first-order valence-corrected chi connectivity index (χ1v) is 7.76. The topological polar surface area (TPSA) is 56.5 Å². The molecule has 2 aromatic rings. The van der Waals surface area contributed by atoms with E-state index in [0.717, 1.165) is 28.0 Å². The maximum atomic E-state index is 5.69. The summed E-state index contributed by atoms with van der Waals surface area (Å²) in [5.41, 5.74) is 4.00. The lowest BCUT2D eigenvalue weighted by molar-refractivity contribution is 0.354. The fourth-order valence-corrected chi connectivity index (χ4v) is 3.74. The zero-order chi connectivity index (χ0) is 14.5. The van der Waals surface area contributed by atoms with Crippen LogP contribution in [0.2, 0.25) is 0 Å². The van der Waals surface area contributed by atoms with Gasteiger partial charge < -0.3 is 9.47 Å². The van der Waals surface area contributed by atoms with Crippen LogP contribution in [0.4, 0.5) is 0 Å². The number of hydrogen-bond donors (Lipinski definition) is 2. The normalized spacial score (nSPS) is 12.2. The van der Waals surface area contributed by atoms with Gasteiger partial charge in [-0.25, -0.2) is 0 Å². The molecule has 2 rings (SSSR count). The minimum absolute atomic E-state index is 0.0578. The number of ether oxygens (including phenoxy) is 2. The molecule has 0 amide bonds. The van der Waals surface area contributed by atoms with E-state index in [2.05, 4.69) is 21.4 Å². The first-order chi connectivity index (χ1) is 9.69. The quantitative estimate of drug-likeness (QED) is 0.615. The van der Waals surface area contributed by atoms with E-state index in [9.17, 15) is 0 Å². The summed E-state index contributed by atoms with van der Waals surface area (Å²) in [5, 5.41) is 2.04. The number of hydrogen-bond acceptors (Lipinski definition) is 5. The number of nitrogens with one attached hydrogen (secondary N) is 1. The fourth-order valence-electron chi connectivity index (χ4n) is 2.02. The van der Waals surface area contributed by atoms with Crippen LogP contribution in [0.1, 0.15) is 16.5 Å². The number of halogens is 1. The van der Waals surface area contributed by atoms with Crippen molar-refractivity contribution >= 4 is 27.3 Å². The molecular formula is C14H17BrN2O2S. The van der Waals surface area contributed by atoms with E-state index in [0.29, 0.717) is 0 Å². The van der Waals surface area contributed by atoms with Crippen LogP contribution in [0, 0.1) is 0 Å². The Labute approximate surface area is 131 Å². The third-order valence-corrected chi connectivity index (χ3v) is 5.03. The Morgan fingerprint density at radius 3 is 2.55 bits per heavy atom. The molecule has 4 nitrogen and oxygen atoms in total. The molecule has 0 radical (unpaired) electrons. The van der Waals surface area contributed by atoms with E-state index in [1.165, 1.54) is 4.88 Å². The Morgan fingerprint density at radius 2 is 2.00 bits per heavy atom. The van der Waals surface area contributed by atoms with Gasteiger partial charge in [0.25, 0.3) is 0 Å². The van der Waals surface area contributed by atoms with Crippen molar-refractivity contribution in [3.8, 4) is 11.5 Å². The van der Waals surface area contributed by atoms with Crippen LogP contribution in [-0.4, -0.2) is 14.2 Å². The van der Waals surface area contributed by atoms with Gasteiger partial charge in [-0.2, -0.15) is 0 Å². The lowest BCUT2D eigenvalue weighted by atomic mass is 10.0. The lowest BCUT2D eigenvalue weighted by Crippen LogP contribution is -2.29. The Bertz CT molecular complexity index is 574. The average molecular weight is 357 g/mol. The van der Waals surface area contributed by atoms with Crippen molar-refractivity contribution in [3.63, 3.8) is 0 Å². The first-order valence-electron chi connectivity index (χ1n) is 6.09. The van der Waals surface area contributed by atoms with Gasteiger partial charge in [0.2, 0.25) is 0 Å². The summed E-state index contributed by atoms with van der Waals surface area (Å²) in [7, 11) is 3.26. The van der Waals surface area contributed by atoms with Crippen molar-refractivity contribution in [3.05, 3.63) is 44.6 Å². The third-order valence-electron chi connectivity index (χ3n) is 3.05. The van der Waals surface area contributed by atoms with Gasteiger partial charge in [-0.05, 0) is 51.5 Å². The van der Waals surface area contributed by atoms with E-state index in [1.54, 1.807) is 25.6 Å². The molecular weight excluding hydrogens is 340 g/mol. The predicted molar refractivity (Wildman–Crippen MR) is 85.3 cm³/mol. The van der Waals surface area contributed by atoms with Gasteiger partial charge in [0, 0.05) is 9.35 Å². The summed E-state index contributed by atoms with van der Waals surface area (Å²) in [6, 6.07) is 7.99. The van der Waals surface area contributed by atoms with Crippen LogP contribution in [0.5, 0.6) is 11.5 Å². The second-order valence-electron chi connectivity index (χ2n) is 4.25. The highest BCUT2D eigenvalue weighted by atomic mass is 79.9. The van der Waals surface area contributed by atoms with Gasteiger partial charge in [0.15, 0.2) is 11.5 Å². The maximum Gasteiger partial charge on any atom is 0.160 e. The molecule has 3 N–H and O–H groups in total. The van der Waals surface area contributed by atoms with E-state index in [-0.39, 0.29) is 6.04 Å². The fraction of sp³-hybridized carbons (Fsp3) is 0.286. The van der Waals surface area contributed by atoms with E-state index < -0.39 is 0 Å². The van der Waals surface area contributed by atoms with Crippen molar-refractivity contribution in [1.29, 1.82) is 0 Å². The number of methoxy groups -OCH3 is 2. The molecule has 0 saturated heterocycles. The number of nitrogens with two attached hydrogens (primary N) is 1. The molecule has 1 heterocycles. The van der Waals surface area contributed by atoms with Gasteiger partial charge in [-0.3, -0.25) is 11.3 Å². The zero-order valence-electron chi connectivity index (χ0n) is 11.4. The number of hydrazine groups is 1. The summed E-state index contributed by atoms with van der Waals surface area (Å²) in [6.45, 7) is 0. The van der Waals surface area contributed by atoms with Crippen molar-refractivity contribution in [2.24, 2.45) is 5.84 Å². The minimum atomic E-state index is 0.0578. The van der Waals surface area contributed by atoms with Crippen LogP contribution in [-0.2, 0) is 6.42 Å². The van der Waals surface area contributed by atoms with Gasteiger partial charge in [-0.1, -0.05) is 6.07 Å². The molecule has 0 spiro atoms. The molecule has 0 fully saturated rings. The lowest BCUT2D eigenvalue weighted by Gasteiger charge is -2.16. The van der Waals surface area contributed by atoms with Crippen molar-refractivity contribution in [1.82, 2.24) is 5.43 Å². The standard InChI is InChI=1S/C14H17BrN2O2S/c1-18-12-4-3-9(8-13(12)19-2)7-11(17-16)14-10(15)5-6-20-14/h3-6,8,11,17H,7,16H2,1-2H3. The molecule has 0 bridgehead atoms. The highest BCUT2D eigenvalue weighted by molar-refractivity contribution is 9.10. The monoisotopic (exact) mass is 356 g/mol. The summed E-state index contributed by atoms with van der Waals surface area (Å²) in [5.74, 6) is 7.14. The summed E-state index contributed by atoms with van der Waals surface area (Å²) in [6.07, 6.45) is 0.774. The largest absolute Gasteiger partial charge is 0.493 e. The van der Waals surface area contributed by atoms with E-state index in [1.807, 2.05) is 29.6 Å². The highest BCUT2D eigenvalue weighted by Gasteiger charge is 2.16. The predicted octanol–water partition coefficient (Wildman–Crippen LogP) is 3.27. The molecule has 0 saturated carbocycles. The molecule has 0 aliphatic carbocycles. The van der Waals surface area contributed by atoms with Crippen LogP contribution >= 0.6 is 27.3 Å². The molecule has 1 aromatic carbocycles. The summed E-state index contributed by atoms with van der Waals surface area (Å²) >= 11 is 5.22. The summed E-state index contributed by atoms with van der Waals surface area (Å²) in [4.78, 5) is 1.18. The molecule has 6 heteroatoms. The molecule has 1 aromatic heterocycles. The third kappa shape index (κ3) is 3.32. The molecule has 20 heavy (non-hydrogen) atoms. The minimum Gasteiger partial charge on any atom is -0.493 e. The number of thiophene rings is 1. The number of benzene rings is 1. The van der Waals surface area contributed by atoms with Gasteiger partial charge in [0.05, 0.1) is 20.3 Å². The molecule has 0 aliphatic heterocycles. The van der Waals surface area contributed by atoms with Gasteiger partial charge in [-0.15, -0.1) is 11.3 Å².